The van der Waals surface area contributed by atoms with Crippen molar-refractivity contribution in [3.05, 3.63) is 42.1 Å². The van der Waals surface area contributed by atoms with Crippen LogP contribution in [0.4, 0.5) is 0 Å². The maximum Gasteiger partial charge on any atom is 0.160 e. The predicted octanol–water partition coefficient (Wildman–Crippen LogP) is 2.40. The second-order valence-electron chi connectivity index (χ2n) is 2.85. The Bertz CT molecular complexity index is 361. The molecule has 0 aliphatic carbocycles. The fourth-order valence-electron chi connectivity index (χ4n) is 0.995. The maximum atomic E-state index is 4.20. The highest BCUT2D eigenvalue weighted by molar-refractivity contribution is 5.69. The molecule has 0 N–H and O–H groups in total. The summed E-state index contributed by atoms with van der Waals surface area (Å²) in [6, 6.07) is 0. The summed E-state index contributed by atoms with van der Waals surface area (Å²) in [5.41, 5.74) is 1.91. The number of hydrogen-bond acceptors (Lipinski definition) is 3. The van der Waals surface area contributed by atoms with E-state index in [4.69, 9.17) is 0 Å². The molecule has 3 heteroatoms. The molecule has 0 saturated carbocycles. The fourth-order valence-corrected chi connectivity index (χ4v) is 0.995. The number of allylic oxidation sites excluding steroid dienone is 3. The van der Waals surface area contributed by atoms with Crippen LogP contribution in [0.15, 0.2) is 35.7 Å². The van der Waals surface area contributed by atoms with E-state index in [0.29, 0.717) is 5.82 Å². The molecular formula is C11H13N3. The van der Waals surface area contributed by atoms with Crippen LogP contribution in [-0.4, -0.2) is 16.7 Å². The van der Waals surface area contributed by atoms with Gasteiger partial charge in [-0.3, -0.25) is 4.99 Å². The molecule has 72 valence electrons. The lowest BCUT2D eigenvalue weighted by Gasteiger charge is -1.99. The summed E-state index contributed by atoms with van der Waals surface area (Å²) in [7, 11) is 0. The third kappa shape index (κ3) is 2.62. The van der Waals surface area contributed by atoms with Crippen molar-refractivity contribution >= 4 is 12.3 Å². The normalized spacial score (nSPS) is 12.0. The van der Waals surface area contributed by atoms with Gasteiger partial charge >= 0.3 is 0 Å². The highest BCUT2D eigenvalue weighted by Gasteiger charge is 1.99. The van der Waals surface area contributed by atoms with Crippen LogP contribution in [-0.2, 0) is 0 Å². The third-order valence-electron chi connectivity index (χ3n) is 1.62. The lowest BCUT2D eigenvalue weighted by Crippen LogP contribution is -1.92. The van der Waals surface area contributed by atoms with Crippen LogP contribution < -0.4 is 0 Å². The van der Waals surface area contributed by atoms with Crippen LogP contribution in [0.5, 0.6) is 0 Å². The van der Waals surface area contributed by atoms with Crippen molar-refractivity contribution < 1.29 is 0 Å². The molecule has 1 aromatic heterocycles. The van der Waals surface area contributed by atoms with Crippen LogP contribution in [0.1, 0.15) is 18.3 Å². The molecule has 0 fully saturated rings. The van der Waals surface area contributed by atoms with Gasteiger partial charge in [0.05, 0.1) is 0 Å². The van der Waals surface area contributed by atoms with Crippen molar-refractivity contribution in [1.29, 1.82) is 0 Å². The van der Waals surface area contributed by atoms with Gasteiger partial charge in [-0.25, -0.2) is 9.97 Å². The minimum Gasteiger partial charge on any atom is -0.272 e. The zero-order valence-electron chi connectivity index (χ0n) is 8.44. The first-order valence-corrected chi connectivity index (χ1v) is 4.35. The molecule has 0 saturated heterocycles. The highest BCUT2D eigenvalue weighted by atomic mass is 14.9. The van der Waals surface area contributed by atoms with Crippen LogP contribution in [0.3, 0.4) is 0 Å². The largest absolute Gasteiger partial charge is 0.272 e. The van der Waals surface area contributed by atoms with Crippen molar-refractivity contribution in [1.82, 2.24) is 9.97 Å². The van der Waals surface area contributed by atoms with Gasteiger partial charge < -0.3 is 0 Å². The van der Waals surface area contributed by atoms with Gasteiger partial charge in [0.2, 0.25) is 0 Å². The van der Waals surface area contributed by atoms with E-state index in [0.717, 1.165) is 11.1 Å². The Morgan fingerprint density at radius 3 is 2.57 bits per heavy atom. The summed E-state index contributed by atoms with van der Waals surface area (Å²) in [5.74, 6) is 0.668. The molecule has 14 heavy (non-hydrogen) atoms. The zero-order valence-corrected chi connectivity index (χ0v) is 8.44. The molecule has 0 amide bonds. The monoisotopic (exact) mass is 187 g/mol. The Hall–Kier alpha value is -1.77. The van der Waals surface area contributed by atoms with Crippen LogP contribution in [0.25, 0.3) is 5.57 Å². The molecule has 0 aliphatic heterocycles. The predicted molar refractivity (Wildman–Crippen MR) is 59.1 cm³/mol. The summed E-state index contributed by atoms with van der Waals surface area (Å²) in [4.78, 5) is 12.1. The number of rotatable bonds is 3. The maximum absolute atomic E-state index is 4.20. The van der Waals surface area contributed by atoms with Crippen molar-refractivity contribution in [2.45, 2.75) is 13.8 Å². The smallest absolute Gasteiger partial charge is 0.160 e. The zero-order chi connectivity index (χ0) is 10.4. The van der Waals surface area contributed by atoms with E-state index in [1.807, 2.05) is 26.0 Å². The van der Waals surface area contributed by atoms with Gasteiger partial charge in [-0.05, 0) is 26.1 Å². The Balaban J connectivity index is 3.05. The van der Waals surface area contributed by atoms with E-state index >= 15 is 0 Å². The minimum absolute atomic E-state index is 0.668. The Kier molecular flexibility index (Phi) is 3.73. The fraction of sp³-hybridized carbons (Fsp3) is 0.182. The van der Waals surface area contributed by atoms with Crippen molar-refractivity contribution in [2.75, 3.05) is 0 Å². The standard InChI is InChI=1S/C11H13N3/c1-4-5-10(8-12-3)11-13-6-9(2)7-14-11/h4-8H,3H2,1-2H3/b5-4-,10-8+. The molecule has 0 spiro atoms. The van der Waals surface area contributed by atoms with Gasteiger partial charge in [0, 0.05) is 24.2 Å². The molecule has 0 unspecified atom stereocenters. The number of aromatic nitrogens is 2. The highest BCUT2D eigenvalue weighted by Crippen LogP contribution is 2.10. The number of aryl methyl sites for hydroxylation is 1. The molecule has 1 rings (SSSR count). The average molecular weight is 187 g/mol. The molecule has 0 atom stereocenters. The molecule has 0 aliphatic rings. The second kappa shape index (κ2) is 5.07. The van der Waals surface area contributed by atoms with Crippen molar-refractivity contribution in [2.24, 2.45) is 4.99 Å². The molecule has 0 radical (unpaired) electrons. The van der Waals surface area contributed by atoms with Gasteiger partial charge in [-0.2, -0.15) is 0 Å². The Labute approximate surface area is 83.9 Å². The van der Waals surface area contributed by atoms with E-state index in [-0.39, 0.29) is 0 Å². The van der Waals surface area contributed by atoms with Crippen LogP contribution in [0, 0.1) is 6.92 Å². The first-order chi connectivity index (χ1) is 6.77. The first-order valence-electron chi connectivity index (χ1n) is 4.35. The first kappa shape index (κ1) is 10.3. The van der Waals surface area contributed by atoms with Gasteiger partial charge in [-0.1, -0.05) is 12.2 Å². The van der Waals surface area contributed by atoms with Crippen LogP contribution >= 0.6 is 0 Å². The second-order valence-corrected chi connectivity index (χ2v) is 2.85. The van der Waals surface area contributed by atoms with Crippen molar-refractivity contribution in [3.63, 3.8) is 0 Å². The molecule has 3 nitrogen and oxygen atoms in total. The van der Waals surface area contributed by atoms with Crippen molar-refractivity contribution in [3.8, 4) is 0 Å². The van der Waals surface area contributed by atoms with Gasteiger partial charge in [0.25, 0.3) is 0 Å². The average Bonchev–Trinajstić information content (AvgIpc) is 2.19. The summed E-state index contributed by atoms with van der Waals surface area (Å²) in [6.45, 7) is 7.30. The molecule has 0 aromatic carbocycles. The topological polar surface area (TPSA) is 38.1 Å². The Morgan fingerprint density at radius 2 is 2.07 bits per heavy atom. The van der Waals surface area contributed by atoms with E-state index < -0.39 is 0 Å². The van der Waals surface area contributed by atoms with Gasteiger partial charge in [-0.15, -0.1) is 0 Å². The molecule has 0 bridgehead atoms. The Morgan fingerprint density at radius 1 is 1.43 bits per heavy atom. The van der Waals surface area contributed by atoms with E-state index in [9.17, 15) is 0 Å². The summed E-state index contributed by atoms with van der Waals surface area (Å²) in [5, 5.41) is 0. The van der Waals surface area contributed by atoms with Gasteiger partial charge in [0.15, 0.2) is 5.82 Å². The molecule has 1 aromatic rings. The SMILES string of the molecule is C=N/C=C(\C=C/C)c1ncc(C)cn1. The van der Waals surface area contributed by atoms with E-state index in [1.54, 1.807) is 18.6 Å². The summed E-state index contributed by atoms with van der Waals surface area (Å²) >= 11 is 0. The summed E-state index contributed by atoms with van der Waals surface area (Å²) in [6.07, 6.45) is 9.02. The van der Waals surface area contributed by atoms with E-state index in [1.165, 1.54) is 0 Å². The quantitative estimate of drug-likeness (QED) is 0.538. The number of aliphatic imine (C=N–C) groups is 1. The lowest BCUT2D eigenvalue weighted by atomic mass is 10.2. The number of hydrogen-bond donors (Lipinski definition) is 0. The van der Waals surface area contributed by atoms with E-state index in [2.05, 4.69) is 21.7 Å². The minimum atomic E-state index is 0.668. The van der Waals surface area contributed by atoms with Crippen LogP contribution in [0.2, 0.25) is 0 Å². The summed E-state index contributed by atoms with van der Waals surface area (Å²) < 4.78 is 0. The number of nitrogens with zero attached hydrogens (tertiary/aromatic N) is 3. The lowest BCUT2D eigenvalue weighted by molar-refractivity contribution is 1.09. The molecular weight excluding hydrogens is 174 g/mol. The third-order valence-corrected chi connectivity index (χ3v) is 1.62. The molecule has 1 heterocycles. The van der Waals surface area contributed by atoms with Gasteiger partial charge in [0.1, 0.15) is 0 Å².